The number of carbonyl (C=O) groups excluding carboxylic acids is 1. The molecule has 1 N–H and O–H groups in total. The lowest BCUT2D eigenvalue weighted by Gasteiger charge is -2.41. The Kier molecular flexibility index (Phi) is 3.52. The van der Waals surface area contributed by atoms with Crippen molar-refractivity contribution in [3.05, 3.63) is 24.0 Å². The number of nitrogens with one attached hydrogen (secondary N) is 1. The third-order valence-corrected chi connectivity index (χ3v) is 3.71. The van der Waals surface area contributed by atoms with Gasteiger partial charge in [0.15, 0.2) is 0 Å². The number of alkyl halides is 1. The molecule has 1 aliphatic rings. The summed E-state index contributed by atoms with van der Waals surface area (Å²) in [7, 11) is 1.52. The van der Waals surface area contributed by atoms with E-state index in [9.17, 15) is 4.79 Å². The van der Waals surface area contributed by atoms with Gasteiger partial charge >= 0.3 is 0 Å². The number of hydrogen-bond donors (Lipinski definition) is 1. The first-order valence-electron chi connectivity index (χ1n) is 5.57. The molecule has 0 aromatic carbocycles. The van der Waals surface area contributed by atoms with Gasteiger partial charge in [-0.1, -0.05) is 0 Å². The average molecular weight is 255 g/mol. The summed E-state index contributed by atoms with van der Waals surface area (Å²) < 4.78 is 5.11. The number of halogens is 1. The van der Waals surface area contributed by atoms with E-state index < -0.39 is 0 Å². The SMILES string of the molecule is COc1cnccc1C(=O)NC1(CCl)CCC1. The summed E-state index contributed by atoms with van der Waals surface area (Å²) in [5.41, 5.74) is 0.270. The predicted octanol–water partition coefficient (Wildman–Crippen LogP) is 1.98. The van der Waals surface area contributed by atoms with Gasteiger partial charge in [0, 0.05) is 12.1 Å². The Morgan fingerprint density at radius 1 is 1.65 bits per heavy atom. The Labute approximate surface area is 105 Å². The molecule has 0 atom stereocenters. The quantitative estimate of drug-likeness (QED) is 0.836. The van der Waals surface area contributed by atoms with E-state index in [-0.39, 0.29) is 11.4 Å². The summed E-state index contributed by atoms with van der Waals surface area (Å²) in [5, 5.41) is 2.99. The van der Waals surface area contributed by atoms with Gasteiger partial charge in [-0.15, -0.1) is 11.6 Å². The highest BCUT2D eigenvalue weighted by molar-refractivity contribution is 6.19. The number of rotatable bonds is 4. The highest BCUT2D eigenvalue weighted by atomic mass is 35.5. The second-order valence-electron chi connectivity index (χ2n) is 4.30. The maximum atomic E-state index is 12.1. The zero-order chi connectivity index (χ0) is 12.3. The minimum Gasteiger partial charge on any atom is -0.494 e. The number of carbonyl (C=O) groups is 1. The first-order valence-corrected chi connectivity index (χ1v) is 6.11. The van der Waals surface area contributed by atoms with E-state index in [1.165, 1.54) is 13.3 Å². The molecule has 5 heteroatoms. The van der Waals surface area contributed by atoms with Crippen molar-refractivity contribution < 1.29 is 9.53 Å². The van der Waals surface area contributed by atoms with Crippen LogP contribution in [0.3, 0.4) is 0 Å². The van der Waals surface area contributed by atoms with E-state index in [1.54, 1.807) is 12.3 Å². The molecule has 17 heavy (non-hydrogen) atoms. The van der Waals surface area contributed by atoms with Gasteiger partial charge < -0.3 is 10.1 Å². The molecule has 0 unspecified atom stereocenters. The van der Waals surface area contributed by atoms with Crippen LogP contribution in [0, 0.1) is 0 Å². The average Bonchev–Trinajstić information content (AvgIpc) is 2.33. The Hall–Kier alpha value is -1.29. The van der Waals surface area contributed by atoms with Gasteiger partial charge in [0.05, 0.1) is 24.4 Å². The van der Waals surface area contributed by atoms with Gasteiger partial charge in [-0.05, 0) is 25.3 Å². The summed E-state index contributed by atoms with van der Waals surface area (Å²) >= 11 is 5.91. The molecule has 1 aliphatic carbocycles. The maximum absolute atomic E-state index is 12.1. The van der Waals surface area contributed by atoms with E-state index in [1.807, 2.05) is 0 Å². The fourth-order valence-corrected chi connectivity index (χ4v) is 2.27. The molecular weight excluding hydrogens is 240 g/mol. The Morgan fingerprint density at radius 2 is 2.41 bits per heavy atom. The van der Waals surface area contributed by atoms with Crippen molar-refractivity contribution in [2.24, 2.45) is 0 Å². The number of aromatic nitrogens is 1. The number of nitrogens with zero attached hydrogens (tertiary/aromatic N) is 1. The summed E-state index contributed by atoms with van der Waals surface area (Å²) in [4.78, 5) is 16.0. The van der Waals surface area contributed by atoms with Crippen LogP contribution in [0.4, 0.5) is 0 Å². The van der Waals surface area contributed by atoms with Crippen LogP contribution < -0.4 is 10.1 Å². The third kappa shape index (κ3) is 2.36. The van der Waals surface area contributed by atoms with Crippen LogP contribution in [0.2, 0.25) is 0 Å². The molecule has 0 saturated heterocycles. The largest absolute Gasteiger partial charge is 0.494 e. The van der Waals surface area contributed by atoms with Crippen LogP contribution in [0.15, 0.2) is 18.5 Å². The second-order valence-corrected chi connectivity index (χ2v) is 4.56. The predicted molar refractivity (Wildman–Crippen MR) is 65.6 cm³/mol. The summed E-state index contributed by atoms with van der Waals surface area (Å²) in [6, 6.07) is 1.65. The Balaban J connectivity index is 2.14. The van der Waals surface area contributed by atoms with Crippen LogP contribution in [0.1, 0.15) is 29.6 Å². The van der Waals surface area contributed by atoms with E-state index in [4.69, 9.17) is 16.3 Å². The minimum atomic E-state index is -0.229. The van der Waals surface area contributed by atoms with Crippen LogP contribution in [-0.4, -0.2) is 29.4 Å². The number of methoxy groups -OCH3 is 1. The fourth-order valence-electron chi connectivity index (χ4n) is 1.93. The standard InChI is InChI=1S/C12H15ClN2O2/c1-17-10-7-14-6-3-9(10)11(16)15-12(8-13)4-2-5-12/h3,6-7H,2,4-5,8H2,1H3,(H,15,16). The van der Waals surface area contributed by atoms with Gasteiger partial charge in [-0.25, -0.2) is 0 Å². The third-order valence-electron chi connectivity index (χ3n) is 3.19. The highest BCUT2D eigenvalue weighted by Gasteiger charge is 2.38. The monoisotopic (exact) mass is 254 g/mol. The van der Waals surface area contributed by atoms with Gasteiger partial charge in [0.25, 0.3) is 5.91 Å². The van der Waals surface area contributed by atoms with Crippen molar-refractivity contribution >= 4 is 17.5 Å². The van der Waals surface area contributed by atoms with Crippen molar-refractivity contribution in [3.63, 3.8) is 0 Å². The van der Waals surface area contributed by atoms with Crippen LogP contribution in [0.25, 0.3) is 0 Å². The summed E-state index contributed by atoms with van der Waals surface area (Å²) in [6.07, 6.45) is 6.10. The number of ether oxygens (including phenoxy) is 1. The normalized spacial score (nSPS) is 17.1. The first kappa shape index (κ1) is 12.2. The topological polar surface area (TPSA) is 51.2 Å². The van der Waals surface area contributed by atoms with E-state index in [0.717, 1.165) is 19.3 Å². The lowest BCUT2D eigenvalue weighted by atomic mass is 9.78. The molecule has 0 radical (unpaired) electrons. The zero-order valence-corrected chi connectivity index (χ0v) is 10.5. The molecule has 1 fully saturated rings. The lowest BCUT2D eigenvalue weighted by Crippen LogP contribution is -2.55. The highest BCUT2D eigenvalue weighted by Crippen LogP contribution is 2.33. The fraction of sp³-hybridized carbons (Fsp3) is 0.500. The molecule has 0 aliphatic heterocycles. The minimum absolute atomic E-state index is 0.149. The van der Waals surface area contributed by atoms with Gasteiger partial charge in [-0.3, -0.25) is 9.78 Å². The van der Waals surface area contributed by atoms with Crippen molar-refractivity contribution in [3.8, 4) is 5.75 Å². The molecule has 4 nitrogen and oxygen atoms in total. The van der Waals surface area contributed by atoms with Gasteiger partial charge in [0.2, 0.25) is 0 Å². The molecular formula is C12H15ClN2O2. The molecule has 0 bridgehead atoms. The molecule has 2 rings (SSSR count). The van der Waals surface area contributed by atoms with Crippen LogP contribution in [0.5, 0.6) is 5.75 Å². The maximum Gasteiger partial charge on any atom is 0.255 e. The molecule has 1 amide bonds. The second kappa shape index (κ2) is 4.92. The summed E-state index contributed by atoms with van der Waals surface area (Å²) in [5.74, 6) is 0.783. The van der Waals surface area contributed by atoms with Crippen LogP contribution in [-0.2, 0) is 0 Å². The molecule has 1 saturated carbocycles. The Bertz CT molecular complexity index is 413. The smallest absolute Gasteiger partial charge is 0.255 e. The van der Waals surface area contributed by atoms with Crippen molar-refractivity contribution in [2.75, 3.05) is 13.0 Å². The molecule has 1 aromatic heterocycles. The van der Waals surface area contributed by atoms with Crippen molar-refractivity contribution in [1.82, 2.24) is 10.3 Å². The number of amides is 1. The lowest BCUT2D eigenvalue weighted by molar-refractivity contribution is 0.0850. The van der Waals surface area contributed by atoms with Gasteiger partial charge in [0.1, 0.15) is 5.75 Å². The number of hydrogen-bond acceptors (Lipinski definition) is 3. The molecule has 0 spiro atoms. The Morgan fingerprint density at radius 3 is 2.94 bits per heavy atom. The summed E-state index contributed by atoms with van der Waals surface area (Å²) in [6.45, 7) is 0. The van der Waals surface area contributed by atoms with E-state index >= 15 is 0 Å². The zero-order valence-electron chi connectivity index (χ0n) is 9.70. The number of pyridine rings is 1. The van der Waals surface area contributed by atoms with Crippen molar-refractivity contribution in [1.29, 1.82) is 0 Å². The molecule has 1 aromatic rings. The van der Waals surface area contributed by atoms with Crippen molar-refractivity contribution in [2.45, 2.75) is 24.8 Å². The van der Waals surface area contributed by atoms with Gasteiger partial charge in [-0.2, -0.15) is 0 Å². The first-order chi connectivity index (χ1) is 8.21. The molecule has 92 valence electrons. The van der Waals surface area contributed by atoms with Crippen LogP contribution >= 0.6 is 11.6 Å². The van der Waals surface area contributed by atoms with E-state index in [2.05, 4.69) is 10.3 Å². The molecule has 1 heterocycles. The van der Waals surface area contributed by atoms with E-state index in [0.29, 0.717) is 17.2 Å².